The molecular weight excluding hydrogens is 404 g/mol. The maximum absolute atomic E-state index is 12.8. The minimum absolute atomic E-state index is 0.0810. The molecule has 0 N–H and O–H groups in total. The summed E-state index contributed by atoms with van der Waals surface area (Å²) in [6, 6.07) is 12.9. The first-order valence-corrected chi connectivity index (χ1v) is 10.5. The molecule has 1 aromatic heterocycles. The Balaban J connectivity index is 1.64. The highest BCUT2D eigenvalue weighted by Crippen LogP contribution is 2.20. The molecule has 0 saturated heterocycles. The predicted molar refractivity (Wildman–Crippen MR) is 119 cm³/mol. The van der Waals surface area contributed by atoms with Gasteiger partial charge in [0.15, 0.2) is 0 Å². The fourth-order valence-corrected chi connectivity index (χ4v) is 3.60. The standard InChI is InChI=1S/C23H23ClN2O2S/c1-4-11-26(23(27)18-6-8-19(24)9-7-18)13-20-15-29-22(25-20)14-28-21-10-5-16(2)17(3)12-21/h4-10,12,15H,1,11,13-14H2,2-3H3. The van der Waals surface area contributed by atoms with E-state index in [0.29, 0.717) is 30.3 Å². The number of nitrogens with zero attached hydrogens (tertiary/aromatic N) is 2. The van der Waals surface area contributed by atoms with Crippen molar-refractivity contribution in [3.63, 3.8) is 0 Å². The lowest BCUT2D eigenvalue weighted by atomic mass is 10.1. The molecule has 0 saturated carbocycles. The van der Waals surface area contributed by atoms with E-state index >= 15 is 0 Å². The lowest BCUT2D eigenvalue weighted by Crippen LogP contribution is -2.30. The topological polar surface area (TPSA) is 42.4 Å². The summed E-state index contributed by atoms with van der Waals surface area (Å²) >= 11 is 7.45. The van der Waals surface area contributed by atoms with Crippen LogP contribution in [-0.2, 0) is 13.2 Å². The summed E-state index contributed by atoms with van der Waals surface area (Å²) in [5, 5.41) is 3.44. The molecular formula is C23H23ClN2O2S. The van der Waals surface area contributed by atoms with Gasteiger partial charge < -0.3 is 9.64 Å². The van der Waals surface area contributed by atoms with Crippen LogP contribution in [0.2, 0.25) is 5.02 Å². The van der Waals surface area contributed by atoms with E-state index in [2.05, 4.69) is 25.4 Å². The van der Waals surface area contributed by atoms with E-state index in [1.54, 1.807) is 35.2 Å². The van der Waals surface area contributed by atoms with E-state index in [0.717, 1.165) is 16.5 Å². The van der Waals surface area contributed by atoms with Crippen molar-refractivity contribution in [3.8, 4) is 5.75 Å². The molecule has 1 amide bonds. The van der Waals surface area contributed by atoms with Gasteiger partial charge in [0.05, 0.1) is 12.2 Å². The first kappa shape index (κ1) is 21.1. The number of amides is 1. The van der Waals surface area contributed by atoms with Crippen LogP contribution in [0.25, 0.3) is 0 Å². The van der Waals surface area contributed by atoms with E-state index < -0.39 is 0 Å². The van der Waals surface area contributed by atoms with Crippen molar-refractivity contribution in [2.45, 2.75) is 27.0 Å². The summed E-state index contributed by atoms with van der Waals surface area (Å²) in [7, 11) is 0. The fourth-order valence-electron chi connectivity index (χ4n) is 2.78. The van der Waals surface area contributed by atoms with Gasteiger partial charge in [0.1, 0.15) is 17.4 Å². The second-order valence-corrected chi connectivity index (χ2v) is 8.13. The number of carbonyl (C=O) groups excluding carboxylic acids is 1. The Hall–Kier alpha value is -2.63. The first-order valence-electron chi connectivity index (χ1n) is 9.25. The molecule has 3 rings (SSSR count). The van der Waals surface area contributed by atoms with Crippen molar-refractivity contribution in [1.29, 1.82) is 0 Å². The van der Waals surface area contributed by atoms with Crippen LogP contribution in [0.15, 0.2) is 60.5 Å². The van der Waals surface area contributed by atoms with Crippen LogP contribution in [0.3, 0.4) is 0 Å². The Morgan fingerprint density at radius 2 is 1.97 bits per heavy atom. The zero-order valence-corrected chi connectivity index (χ0v) is 18.1. The molecule has 0 aliphatic heterocycles. The average Bonchev–Trinajstić information content (AvgIpc) is 3.16. The van der Waals surface area contributed by atoms with Crippen molar-refractivity contribution >= 4 is 28.8 Å². The predicted octanol–water partition coefficient (Wildman–Crippen LogP) is 5.82. The van der Waals surface area contributed by atoms with Crippen molar-refractivity contribution in [3.05, 3.63) is 92.9 Å². The van der Waals surface area contributed by atoms with Crippen LogP contribution >= 0.6 is 22.9 Å². The summed E-state index contributed by atoms with van der Waals surface area (Å²) in [6.45, 7) is 9.15. The van der Waals surface area contributed by atoms with E-state index in [-0.39, 0.29) is 5.91 Å². The number of halogens is 1. The summed E-state index contributed by atoms with van der Waals surface area (Å²) < 4.78 is 5.86. The Morgan fingerprint density at radius 1 is 1.21 bits per heavy atom. The van der Waals surface area contributed by atoms with Crippen LogP contribution in [0.1, 0.15) is 32.2 Å². The maximum atomic E-state index is 12.8. The molecule has 6 heteroatoms. The average molecular weight is 427 g/mol. The molecule has 0 fully saturated rings. The zero-order valence-electron chi connectivity index (χ0n) is 16.5. The number of benzene rings is 2. The number of aromatic nitrogens is 1. The van der Waals surface area contributed by atoms with Crippen LogP contribution in [0, 0.1) is 13.8 Å². The minimum atomic E-state index is -0.0810. The molecule has 0 aliphatic rings. The summed E-state index contributed by atoms with van der Waals surface area (Å²) in [5.74, 6) is 0.749. The fraction of sp³-hybridized carbons (Fsp3) is 0.217. The molecule has 0 aliphatic carbocycles. The van der Waals surface area contributed by atoms with E-state index in [1.807, 2.05) is 23.6 Å². The minimum Gasteiger partial charge on any atom is -0.486 e. The van der Waals surface area contributed by atoms with E-state index in [4.69, 9.17) is 16.3 Å². The van der Waals surface area contributed by atoms with Gasteiger partial charge in [-0.3, -0.25) is 4.79 Å². The summed E-state index contributed by atoms with van der Waals surface area (Å²) in [5.41, 5.74) is 3.85. The lowest BCUT2D eigenvalue weighted by molar-refractivity contribution is 0.0761. The van der Waals surface area contributed by atoms with E-state index in [9.17, 15) is 4.79 Å². The quantitative estimate of drug-likeness (QED) is 0.426. The third-order valence-corrected chi connectivity index (χ3v) is 5.64. The van der Waals surface area contributed by atoms with Crippen molar-refractivity contribution < 1.29 is 9.53 Å². The summed E-state index contributed by atoms with van der Waals surface area (Å²) in [6.07, 6.45) is 1.71. The second-order valence-electron chi connectivity index (χ2n) is 6.75. The Kier molecular flexibility index (Phi) is 7.07. The van der Waals surface area contributed by atoms with Crippen molar-refractivity contribution in [1.82, 2.24) is 9.88 Å². The maximum Gasteiger partial charge on any atom is 0.254 e. The van der Waals surface area contributed by atoms with Gasteiger partial charge in [-0.05, 0) is 61.4 Å². The van der Waals surface area contributed by atoms with Crippen molar-refractivity contribution in [2.24, 2.45) is 0 Å². The highest BCUT2D eigenvalue weighted by molar-refractivity contribution is 7.09. The van der Waals surface area contributed by atoms with Crippen LogP contribution in [-0.4, -0.2) is 22.3 Å². The zero-order chi connectivity index (χ0) is 20.8. The van der Waals surface area contributed by atoms with Crippen LogP contribution in [0.4, 0.5) is 0 Å². The van der Waals surface area contributed by atoms with Gasteiger partial charge in [-0.2, -0.15) is 0 Å². The molecule has 3 aromatic rings. The van der Waals surface area contributed by atoms with E-state index in [1.165, 1.54) is 22.5 Å². The molecule has 0 radical (unpaired) electrons. The van der Waals surface area contributed by atoms with Crippen LogP contribution < -0.4 is 4.74 Å². The monoisotopic (exact) mass is 426 g/mol. The van der Waals surface area contributed by atoms with Gasteiger partial charge in [-0.25, -0.2) is 4.98 Å². The van der Waals surface area contributed by atoms with Gasteiger partial charge in [-0.1, -0.05) is 23.7 Å². The number of carbonyl (C=O) groups is 1. The smallest absolute Gasteiger partial charge is 0.254 e. The summed E-state index contributed by atoms with van der Waals surface area (Å²) in [4.78, 5) is 19.1. The van der Waals surface area contributed by atoms with Gasteiger partial charge in [-0.15, -0.1) is 17.9 Å². The Bertz CT molecular complexity index is 998. The first-order chi connectivity index (χ1) is 14.0. The number of ether oxygens (including phenoxy) is 1. The van der Waals surface area contributed by atoms with Gasteiger partial charge >= 0.3 is 0 Å². The number of hydrogen-bond donors (Lipinski definition) is 0. The molecule has 4 nitrogen and oxygen atoms in total. The molecule has 29 heavy (non-hydrogen) atoms. The van der Waals surface area contributed by atoms with Gasteiger partial charge in [0.25, 0.3) is 5.91 Å². The highest BCUT2D eigenvalue weighted by atomic mass is 35.5. The number of rotatable bonds is 8. The third kappa shape index (κ3) is 5.68. The van der Waals surface area contributed by atoms with Gasteiger partial charge in [0.2, 0.25) is 0 Å². The molecule has 0 atom stereocenters. The number of hydrogen-bond acceptors (Lipinski definition) is 4. The molecule has 2 aromatic carbocycles. The number of aryl methyl sites for hydroxylation is 2. The number of thiazole rings is 1. The molecule has 150 valence electrons. The normalized spacial score (nSPS) is 10.6. The SMILES string of the molecule is C=CCN(Cc1csc(COc2ccc(C)c(C)c2)n1)C(=O)c1ccc(Cl)cc1. The molecule has 0 unspecified atom stereocenters. The van der Waals surface area contributed by atoms with Crippen LogP contribution in [0.5, 0.6) is 5.75 Å². The Labute approximate surface area is 180 Å². The second kappa shape index (κ2) is 9.72. The molecule has 1 heterocycles. The van der Waals surface area contributed by atoms with Gasteiger partial charge in [0, 0.05) is 22.5 Å². The molecule has 0 bridgehead atoms. The third-order valence-electron chi connectivity index (χ3n) is 4.52. The largest absolute Gasteiger partial charge is 0.486 e. The Morgan fingerprint density at radius 3 is 2.66 bits per heavy atom. The lowest BCUT2D eigenvalue weighted by Gasteiger charge is -2.20. The van der Waals surface area contributed by atoms with Crippen molar-refractivity contribution in [2.75, 3.05) is 6.54 Å². The molecule has 0 spiro atoms. The highest BCUT2D eigenvalue weighted by Gasteiger charge is 2.16.